The van der Waals surface area contributed by atoms with Gasteiger partial charge in [0, 0.05) is 31.7 Å². The molecule has 3 N–H and O–H groups in total. The lowest BCUT2D eigenvalue weighted by Crippen LogP contribution is -2.46. The number of amides is 2. The summed E-state index contributed by atoms with van der Waals surface area (Å²) >= 11 is 0. The highest BCUT2D eigenvalue weighted by Gasteiger charge is 2.39. The molecule has 1 aliphatic carbocycles. The normalized spacial score (nSPS) is 18.3. The van der Waals surface area contributed by atoms with Crippen molar-refractivity contribution >= 4 is 17.6 Å². The second kappa shape index (κ2) is 8.52. The van der Waals surface area contributed by atoms with Crippen LogP contribution in [0.4, 0.5) is 5.82 Å². The first-order valence-electron chi connectivity index (χ1n) is 10.8. The van der Waals surface area contributed by atoms with E-state index in [4.69, 9.17) is 5.73 Å². The lowest BCUT2D eigenvalue weighted by Gasteiger charge is -2.40. The number of primary amides is 1. The Morgan fingerprint density at radius 3 is 2.52 bits per heavy atom. The molecule has 1 saturated heterocycles. The number of nitriles is 1. The predicted molar refractivity (Wildman–Crippen MR) is 116 cm³/mol. The van der Waals surface area contributed by atoms with Gasteiger partial charge in [0.05, 0.1) is 18.0 Å². The van der Waals surface area contributed by atoms with Gasteiger partial charge < -0.3 is 11.1 Å². The molecule has 0 radical (unpaired) electrons. The number of nitrogens with zero attached hydrogens (tertiary/aromatic N) is 4. The first-order valence-corrected chi connectivity index (χ1v) is 10.8. The molecule has 0 atom stereocenters. The molecular formula is C23H28N6O2. The fourth-order valence-corrected chi connectivity index (χ4v) is 4.17. The number of rotatable bonds is 7. The first-order chi connectivity index (χ1) is 14.9. The number of carbonyl (C=O) groups is 2. The fourth-order valence-electron chi connectivity index (χ4n) is 4.17. The van der Waals surface area contributed by atoms with E-state index in [1.54, 1.807) is 10.9 Å². The summed E-state index contributed by atoms with van der Waals surface area (Å²) in [7, 11) is 0. The van der Waals surface area contributed by atoms with Crippen molar-refractivity contribution in [3.05, 3.63) is 47.2 Å². The summed E-state index contributed by atoms with van der Waals surface area (Å²) < 4.78 is 1.70. The van der Waals surface area contributed by atoms with Gasteiger partial charge in [-0.05, 0) is 38.2 Å². The maximum absolute atomic E-state index is 12.2. The minimum atomic E-state index is -0.638. The van der Waals surface area contributed by atoms with Crippen LogP contribution in [0.5, 0.6) is 0 Å². The number of carbonyl (C=O) groups excluding carboxylic acids is 2. The van der Waals surface area contributed by atoms with Crippen LogP contribution in [0.3, 0.4) is 0 Å². The molecule has 2 amide bonds. The molecule has 0 bridgehead atoms. The monoisotopic (exact) mass is 420 g/mol. The van der Waals surface area contributed by atoms with Crippen LogP contribution in [0.1, 0.15) is 53.6 Å². The van der Waals surface area contributed by atoms with E-state index < -0.39 is 11.4 Å². The van der Waals surface area contributed by atoms with E-state index >= 15 is 0 Å². The molecule has 1 aliphatic heterocycles. The molecule has 2 aromatic rings. The van der Waals surface area contributed by atoms with Gasteiger partial charge in [-0.25, -0.2) is 0 Å². The molecule has 8 nitrogen and oxygen atoms in total. The molecular weight excluding hydrogens is 392 g/mol. The van der Waals surface area contributed by atoms with E-state index in [2.05, 4.69) is 52.6 Å². The van der Waals surface area contributed by atoms with Gasteiger partial charge in [0.25, 0.3) is 5.91 Å². The number of anilines is 1. The van der Waals surface area contributed by atoms with Crippen LogP contribution >= 0.6 is 0 Å². The summed E-state index contributed by atoms with van der Waals surface area (Å²) in [5, 5.41) is 16.8. The van der Waals surface area contributed by atoms with Gasteiger partial charge in [0.15, 0.2) is 5.82 Å². The number of aryl methyl sites for hydroxylation is 1. The molecule has 0 unspecified atom stereocenters. The van der Waals surface area contributed by atoms with Crippen molar-refractivity contribution in [2.75, 3.05) is 18.4 Å². The molecule has 1 aromatic carbocycles. The zero-order chi connectivity index (χ0) is 22.0. The maximum Gasteiger partial charge on any atom is 0.254 e. The molecule has 31 heavy (non-hydrogen) atoms. The standard InChI is InChI=1S/C23H28N6O2/c1-16-2-4-17(5-3-16)14-28-12-9-23(8-11-24,10-13-28)29-15-19(20(25)30)21(27-29)26-22(31)18-6-7-18/h2-5,15,18H,6-10,12-14H2,1H3,(H2,25,30)(H,26,27,31). The highest BCUT2D eigenvalue weighted by atomic mass is 16.2. The van der Waals surface area contributed by atoms with Crippen molar-refractivity contribution in [2.45, 2.75) is 51.1 Å². The van der Waals surface area contributed by atoms with Gasteiger partial charge in [0.2, 0.25) is 5.91 Å². The van der Waals surface area contributed by atoms with Crippen LogP contribution < -0.4 is 11.1 Å². The number of nitrogens with two attached hydrogens (primary N) is 1. The number of hydrogen-bond acceptors (Lipinski definition) is 5. The fraction of sp³-hybridized carbons (Fsp3) is 0.478. The van der Waals surface area contributed by atoms with Crippen molar-refractivity contribution in [1.82, 2.24) is 14.7 Å². The Labute approximate surface area is 182 Å². The van der Waals surface area contributed by atoms with Crippen molar-refractivity contribution < 1.29 is 9.59 Å². The third-order valence-electron chi connectivity index (χ3n) is 6.38. The van der Waals surface area contributed by atoms with Gasteiger partial charge >= 0.3 is 0 Å². The van der Waals surface area contributed by atoms with E-state index in [-0.39, 0.29) is 29.6 Å². The Hall–Kier alpha value is -3.18. The second-order valence-corrected chi connectivity index (χ2v) is 8.78. The number of benzene rings is 1. The maximum atomic E-state index is 12.2. The van der Waals surface area contributed by atoms with Crippen molar-refractivity contribution in [3.8, 4) is 6.07 Å². The van der Waals surface area contributed by atoms with Crippen molar-refractivity contribution in [2.24, 2.45) is 11.7 Å². The molecule has 1 saturated carbocycles. The van der Waals surface area contributed by atoms with Gasteiger partial charge in [-0.1, -0.05) is 29.8 Å². The zero-order valence-corrected chi connectivity index (χ0v) is 17.8. The van der Waals surface area contributed by atoms with Crippen LogP contribution in [0, 0.1) is 24.2 Å². The van der Waals surface area contributed by atoms with Gasteiger partial charge in [-0.3, -0.25) is 19.2 Å². The number of hydrogen-bond donors (Lipinski definition) is 2. The van der Waals surface area contributed by atoms with E-state index in [9.17, 15) is 14.9 Å². The summed E-state index contributed by atoms with van der Waals surface area (Å²) in [6, 6.07) is 10.8. The van der Waals surface area contributed by atoms with E-state index in [0.29, 0.717) is 0 Å². The second-order valence-electron chi connectivity index (χ2n) is 8.78. The predicted octanol–water partition coefficient (Wildman–Crippen LogP) is 2.54. The topological polar surface area (TPSA) is 117 Å². The van der Waals surface area contributed by atoms with E-state index in [1.807, 2.05) is 0 Å². The SMILES string of the molecule is Cc1ccc(CN2CCC(CC#N)(n3cc(C(N)=O)c(NC(=O)C4CC4)n3)CC2)cc1. The van der Waals surface area contributed by atoms with E-state index in [0.717, 1.165) is 45.3 Å². The number of nitrogens with one attached hydrogen (secondary N) is 1. The molecule has 8 heteroatoms. The highest BCUT2D eigenvalue weighted by molar-refractivity contribution is 6.02. The quantitative estimate of drug-likeness (QED) is 0.714. The Bertz CT molecular complexity index is 1010. The van der Waals surface area contributed by atoms with Gasteiger partial charge in [0.1, 0.15) is 5.56 Å². The number of likely N-dealkylation sites (tertiary alicyclic amines) is 1. The molecule has 2 aliphatic rings. The van der Waals surface area contributed by atoms with Crippen LogP contribution in [0.25, 0.3) is 0 Å². The zero-order valence-electron chi connectivity index (χ0n) is 17.8. The summed E-state index contributed by atoms with van der Waals surface area (Å²) in [5.74, 6) is -0.580. The van der Waals surface area contributed by atoms with Crippen molar-refractivity contribution in [3.63, 3.8) is 0 Å². The average Bonchev–Trinajstić information content (AvgIpc) is 3.51. The van der Waals surface area contributed by atoms with Gasteiger partial charge in [-0.2, -0.15) is 10.4 Å². The van der Waals surface area contributed by atoms with Crippen molar-refractivity contribution in [1.29, 1.82) is 5.26 Å². The Kier molecular flexibility index (Phi) is 5.79. The first kappa shape index (κ1) is 21.1. The molecule has 2 heterocycles. The van der Waals surface area contributed by atoms with Crippen LogP contribution in [0.15, 0.2) is 30.5 Å². The van der Waals surface area contributed by atoms with Crippen LogP contribution in [0.2, 0.25) is 0 Å². The molecule has 0 spiro atoms. The third kappa shape index (κ3) is 4.62. The molecule has 4 rings (SSSR count). The molecule has 1 aromatic heterocycles. The largest absolute Gasteiger partial charge is 0.365 e. The number of piperidine rings is 1. The molecule has 2 fully saturated rings. The summed E-state index contributed by atoms with van der Waals surface area (Å²) in [6.07, 6.45) is 5.03. The average molecular weight is 421 g/mol. The third-order valence-corrected chi connectivity index (χ3v) is 6.38. The lowest BCUT2D eigenvalue weighted by atomic mass is 9.84. The van der Waals surface area contributed by atoms with E-state index in [1.165, 1.54) is 11.1 Å². The Morgan fingerprint density at radius 2 is 1.94 bits per heavy atom. The Morgan fingerprint density at radius 1 is 1.26 bits per heavy atom. The lowest BCUT2D eigenvalue weighted by molar-refractivity contribution is -0.117. The summed E-state index contributed by atoms with van der Waals surface area (Å²) in [5.41, 5.74) is 7.71. The molecule has 162 valence electrons. The van der Waals surface area contributed by atoms with Crippen LogP contribution in [-0.4, -0.2) is 39.6 Å². The summed E-state index contributed by atoms with van der Waals surface area (Å²) in [6.45, 7) is 4.56. The smallest absolute Gasteiger partial charge is 0.254 e. The minimum absolute atomic E-state index is 0.0102. The van der Waals surface area contributed by atoms with Crippen LogP contribution in [-0.2, 0) is 16.9 Å². The van der Waals surface area contributed by atoms with Gasteiger partial charge in [-0.15, -0.1) is 0 Å². The highest BCUT2D eigenvalue weighted by Crippen LogP contribution is 2.36. The Balaban J connectivity index is 1.51. The summed E-state index contributed by atoms with van der Waals surface area (Å²) in [4.78, 5) is 26.5. The number of aromatic nitrogens is 2. The minimum Gasteiger partial charge on any atom is -0.365 e.